The van der Waals surface area contributed by atoms with E-state index in [9.17, 15) is 19.0 Å². The van der Waals surface area contributed by atoms with Crippen LogP contribution in [0, 0.1) is 17.8 Å². The van der Waals surface area contributed by atoms with Gasteiger partial charge in [0.1, 0.15) is 31.1 Å². The van der Waals surface area contributed by atoms with Gasteiger partial charge in [-0.2, -0.15) is 0 Å². The zero-order valence-electron chi connectivity index (χ0n) is 16.4. The maximum atomic E-state index is 14.4. The Morgan fingerprint density at radius 2 is 1.79 bits per heavy atom. The molecule has 5 aliphatic rings. The second-order valence-corrected chi connectivity index (χ2v) is 9.31. The monoisotopic (exact) mass is 418 g/mol. The maximum Gasteiger partial charge on any atom is 0.274 e. The lowest BCUT2D eigenvalue weighted by atomic mass is 9.70. The SMILES string of the molecule is NC1NCNC2C1CCN2[C@@H]1O[C@H]([C@@H]2OCC(F)(F)C3CCCCC32)[C@@H](O)[C@H]1O. The highest BCUT2D eigenvalue weighted by Gasteiger charge is 2.59. The number of aliphatic hydroxyl groups is 2. The molecular formula is C19H32F2N4O4. The molecule has 0 spiro atoms. The first kappa shape index (κ1) is 20.4. The van der Waals surface area contributed by atoms with E-state index < -0.39 is 49.1 Å². The predicted octanol–water partition coefficient (Wildman–Crippen LogP) is -0.643. The number of fused-ring (bicyclic) bond motifs is 2. The minimum atomic E-state index is -2.85. The van der Waals surface area contributed by atoms with E-state index in [-0.39, 0.29) is 24.2 Å². The largest absolute Gasteiger partial charge is 0.387 e. The molecule has 6 N–H and O–H groups in total. The third kappa shape index (κ3) is 3.32. The third-order valence-electron chi connectivity index (χ3n) is 7.77. The Morgan fingerprint density at radius 3 is 2.62 bits per heavy atom. The molecule has 5 fully saturated rings. The van der Waals surface area contributed by atoms with E-state index in [1.807, 2.05) is 4.90 Å². The van der Waals surface area contributed by atoms with Crippen LogP contribution < -0.4 is 16.4 Å². The zero-order chi connectivity index (χ0) is 20.3. The summed E-state index contributed by atoms with van der Waals surface area (Å²) in [5.74, 6) is -3.79. The lowest BCUT2D eigenvalue weighted by Gasteiger charge is -2.47. The second-order valence-electron chi connectivity index (χ2n) is 9.31. The summed E-state index contributed by atoms with van der Waals surface area (Å²) < 4.78 is 40.6. The fourth-order valence-electron chi connectivity index (χ4n) is 6.29. The molecule has 5 unspecified atom stereocenters. The average molecular weight is 418 g/mol. The summed E-state index contributed by atoms with van der Waals surface area (Å²) in [4.78, 5) is 2.01. The number of alkyl halides is 2. The summed E-state index contributed by atoms with van der Waals surface area (Å²) >= 11 is 0. The molecule has 10 heteroatoms. The van der Waals surface area contributed by atoms with Crippen molar-refractivity contribution in [3.63, 3.8) is 0 Å². The molecule has 4 saturated heterocycles. The van der Waals surface area contributed by atoms with E-state index in [0.29, 0.717) is 26.1 Å². The highest BCUT2D eigenvalue weighted by molar-refractivity contribution is 5.04. The number of halogens is 2. The fraction of sp³-hybridized carbons (Fsp3) is 1.00. The van der Waals surface area contributed by atoms with Crippen molar-refractivity contribution in [2.75, 3.05) is 19.8 Å². The van der Waals surface area contributed by atoms with E-state index in [4.69, 9.17) is 15.2 Å². The zero-order valence-corrected chi connectivity index (χ0v) is 16.4. The van der Waals surface area contributed by atoms with Crippen molar-refractivity contribution in [3.8, 4) is 0 Å². The molecule has 1 aliphatic carbocycles. The van der Waals surface area contributed by atoms with Gasteiger partial charge >= 0.3 is 0 Å². The summed E-state index contributed by atoms with van der Waals surface area (Å²) in [6.07, 6.45) is -1.04. The summed E-state index contributed by atoms with van der Waals surface area (Å²) in [6.45, 7) is 0.579. The Hall–Kier alpha value is -0.460. The van der Waals surface area contributed by atoms with Crippen LogP contribution in [-0.2, 0) is 9.47 Å². The van der Waals surface area contributed by atoms with E-state index in [1.165, 1.54) is 0 Å². The van der Waals surface area contributed by atoms with Gasteiger partial charge in [-0.3, -0.25) is 15.5 Å². The maximum absolute atomic E-state index is 14.4. The van der Waals surface area contributed by atoms with Crippen molar-refractivity contribution >= 4 is 0 Å². The van der Waals surface area contributed by atoms with Crippen LogP contribution in [0.15, 0.2) is 0 Å². The first-order chi connectivity index (χ1) is 13.9. The van der Waals surface area contributed by atoms with Crippen LogP contribution >= 0.6 is 0 Å². The Bertz CT molecular complexity index is 617. The molecule has 10 atom stereocenters. The third-order valence-corrected chi connectivity index (χ3v) is 7.77. The predicted molar refractivity (Wildman–Crippen MR) is 98.5 cm³/mol. The average Bonchev–Trinajstić information content (AvgIpc) is 3.25. The molecule has 0 aromatic carbocycles. The molecule has 166 valence electrons. The molecule has 8 nitrogen and oxygen atoms in total. The van der Waals surface area contributed by atoms with E-state index in [2.05, 4.69) is 10.6 Å². The first-order valence-corrected chi connectivity index (χ1v) is 10.9. The minimum Gasteiger partial charge on any atom is -0.387 e. The van der Waals surface area contributed by atoms with Gasteiger partial charge in [-0.1, -0.05) is 12.8 Å². The van der Waals surface area contributed by atoms with Crippen LogP contribution in [0.5, 0.6) is 0 Å². The number of nitrogens with zero attached hydrogens (tertiary/aromatic N) is 1. The molecule has 0 aromatic heterocycles. The molecule has 0 amide bonds. The standard InChI is InChI=1S/C19H32F2N4O4/c20-19(21)7-28-14(9-3-1-2-4-11(9)19)15-12(26)13(27)18(29-15)25-6-5-10-16(22)23-8-24-17(10)25/h9-18,23-24,26-27H,1-8,22H2/t9?,10?,11?,12-,13+,14+,15-,16?,17?,18+/m0/s1. The number of hydrogen-bond donors (Lipinski definition) is 5. The van der Waals surface area contributed by atoms with Crippen molar-refractivity contribution in [1.29, 1.82) is 0 Å². The Balaban J connectivity index is 1.33. The van der Waals surface area contributed by atoms with Crippen LogP contribution in [0.25, 0.3) is 0 Å². The highest BCUT2D eigenvalue weighted by atomic mass is 19.3. The lowest BCUT2D eigenvalue weighted by molar-refractivity contribution is -0.249. The van der Waals surface area contributed by atoms with Gasteiger partial charge in [-0.25, -0.2) is 8.78 Å². The number of likely N-dealkylation sites (tertiary alicyclic amines) is 1. The molecule has 0 bridgehead atoms. The van der Waals surface area contributed by atoms with Crippen LogP contribution in [0.1, 0.15) is 32.1 Å². The van der Waals surface area contributed by atoms with Gasteiger partial charge in [0.15, 0.2) is 0 Å². The van der Waals surface area contributed by atoms with E-state index in [1.54, 1.807) is 0 Å². The van der Waals surface area contributed by atoms with Gasteiger partial charge in [-0.05, 0) is 25.2 Å². The fourth-order valence-corrected chi connectivity index (χ4v) is 6.29. The van der Waals surface area contributed by atoms with Crippen molar-refractivity contribution in [2.24, 2.45) is 23.5 Å². The molecule has 29 heavy (non-hydrogen) atoms. The van der Waals surface area contributed by atoms with Crippen LogP contribution in [0.3, 0.4) is 0 Å². The van der Waals surface area contributed by atoms with Crippen LogP contribution in [0.4, 0.5) is 8.78 Å². The van der Waals surface area contributed by atoms with E-state index >= 15 is 0 Å². The molecule has 4 heterocycles. The number of ether oxygens (including phenoxy) is 2. The van der Waals surface area contributed by atoms with Gasteiger partial charge in [0.25, 0.3) is 5.92 Å². The van der Waals surface area contributed by atoms with Gasteiger partial charge < -0.3 is 25.4 Å². The van der Waals surface area contributed by atoms with Crippen molar-refractivity contribution in [1.82, 2.24) is 15.5 Å². The number of hydrogen-bond acceptors (Lipinski definition) is 8. The molecular weight excluding hydrogens is 386 g/mol. The Labute approximate surface area is 169 Å². The van der Waals surface area contributed by atoms with Gasteiger partial charge in [0.05, 0.1) is 18.4 Å². The summed E-state index contributed by atoms with van der Waals surface area (Å²) in [7, 11) is 0. The van der Waals surface area contributed by atoms with Crippen LogP contribution in [-0.4, -0.2) is 83.8 Å². The molecule has 0 radical (unpaired) electrons. The summed E-state index contributed by atoms with van der Waals surface area (Å²) in [5, 5.41) is 28.1. The number of nitrogens with one attached hydrogen (secondary N) is 2. The number of aliphatic hydroxyl groups excluding tert-OH is 2. The topological polar surface area (TPSA) is 112 Å². The smallest absolute Gasteiger partial charge is 0.274 e. The van der Waals surface area contributed by atoms with Gasteiger partial charge in [-0.15, -0.1) is 0 Å². The first-order valence-electron chi connectivity index (χ1n) is 10.9. The Kier molecular flexibility index (Phi) is 5.35. The molecule has 5 rings (SSSR count). The quantitative estimate of drug-likeness (QED) is 0.403. The van der Waals surface area contributed by atoms with Crippen molar-refractivity contribution in [2.45, 2.75) is 81.0 Å². The Morgan fingerprint density at radius 1 is 1.00 bits per heavy atom. The normalized spacial score (nSPS) is 52.9. The molecule has 4 aliphatic heterocycles. The van der Waals surface area contributed by atoms with Gasteiger partial charge in [0.2, 0.25) is 0 Å². The number of nitrogens with two attached hydrogens (primary N) is 1. The minimum absolute atomic E-state index is 0.0594. The van der Waals surface area contributed by atoms with Crippen molar-refractivity contribution < 1.29 is 28.5 Å². The lowest BCUT2D eigenvalue weighted by Crippen LogP contribution is -2.64. The van der Waals surface area contributed by atoms with E-state index in [0.717, 1.165) is 19.3 Å². The second kappa shape index (κ2) is 7.59. The molecule has 1 saturated carbocycles. The van der Waals surface area contributed by atoms with Crippen LogP contribution in [0.2, 0.25) is 0 Å². The summed E-state index contributed by atoms with van der Waals surface area (Å²) in [6, 6.07) is 0. The highest BCUT2D eigenvalue weighted by Crippen LogP contribution is 2.49. The van der Waals surface area contributed by atoms with Crippen molar-refractivity contribution in [3.05, 3.63) is 0 Å². The summed E-state index contributed by atoms with van der Waals surface area (Å²) in [5.41, 5.74) is 6.16. The molecule has 0 aromatic rings. The number of rotatable bonds is 2. The van der Waals surface area contributed by atoms with Gasteiger partial charge in [0, 0.05) is 25.0 Å².